The van der Waals surface area contributed by atoms with Crippen LogP contribution in [0.4, 0.5) is 14.5 Å². The lowest BCUT2D eigenvalue weighted by Crippen LogP contribution is -2.13. The van der Waals surface area contributed by atoms with Crippen molar-refractivity contribution in [2.24, 2.45) is 0 Å². The molecule has 1 aromatic heterocycles. The maximum atomic E-state index is 13.4. The molecule has 9 heteroatoms. The zero-order chi connectivity index (χ0) is 18.1. The Bertz CT molecular complexity index is 1050. The Kier molecular flexibility index (Phi) is 4.14. The van der Waals surface area contributed by atoms with Crippen LogP contribution >= 0.6 is 0 Å². The maximum absolute atomic E-state index is 13.4. The van der Waals surface area contributed by atoms with E-state index in [1.807, 2.05) is 0 Å². The van der Waals surface area contributed by atoms with Crippen molar-refractivity contribution in [3.63, 3.8) is 0 Å². The molecule has 3 rings (SSSR count). The Morgan fingerprint density at radius 1 is 1.24 bits per heavy atom. The molecule has 0 aliphatic carbocycles. The first-order chi connectivity index (χ1) is 11.9. The van der Waals surface area contributed by atoms with Crippen molar-refractivity contribution in [2.75, 3.05) is 7.11 Å². The van der Waals surface area contributed by atoms with E-state index in [1.54, 1.807) is 0 Å². The summed E-state index contributed by atoms with van der Waals surface area (Å²) in [7, 11) is 1.31. The third-order valence-electron chi connectivity index (χ3n) is 3.61. The summed E-state index contributed by atoms with van der Waals surface area (Å²) in [6, 6.07) is 5.86. The van der Waals surface area contributed by atoms with Gasteiger partial charge >= 0.3 is 5.69 Å². The zero-order valence-electron chi connectivity index (χ0n) is 12.9. The van der Waals surface area contributed by atoms with Gasteiger partial charge in [0.15, 0.2) is 17.4 Å². The van der Waals surface area contributed by atoms with Crippen molar-refractivity contribution in [3.05, 3.63) is 73.8 Å². The fourth-order valence-corrected chi connectivity index (χ4v) is 2.44. The van der Waals surface area contributed by atoms with Crippen LogP contribution in [0.3, 0.4) is 0 Å². The van der Waals surface area contributed by atoms with Gasteiger partial charge in [0.2, 0.25) is 0 Å². The minimum atomic E-state index is -1.13. The van der Waals surface area contributed by atoms with Crippen LogP contribution in [0.25, 0.3) is 10.9 Å². The van der Waals surface area contributed by atoms with E-state index in [0.29, 0.717) is 5.56 Å². The Morgan fingerprint density at radius 3 is 2.64 bits per heavy atom. The predicted molar refractivity (Wildman–Crippen MR) is 84.7 cm³/mol. The van der Waals surface area contributed by atoms with Crippen LogP contribution in [0.15, 0.2) is 35.1 Å². The van der Waals surface area contributed by atoms with E-state index in [4.69, 9.17) is 4.74 Å². The average Bonchev–Trinajstić information content (AvgIpc) is 2.56. The van der Waals surface area contributed by atoms with Crippen LogP contribution in [0, 0.1) is 21.7 Å². The smallest absolute Gasteiger partial charge is 0.310 e. The van der Waals surface area contributed by atoms with Crippen molar-refractivity contribution >= 4 is 16.6 Å². The number of nitro benzene ring substituents is 1. The number of nitrogens with one attached hydrogen (secondary N) is 1. The number of rotatable bonds is 4. The van der Waals surface area contributed by atoms with E-state index in [2.05, 4.69) is 9.97 Å². The van der Waals surface area contributed by atoms with Gasteiger partial charge in [-0.2, -0.15) is 0 Å². The molecule has 7 nitrogen and oxygen atoms in total. The number of hydrogen-bond acceptors (Lipinski definition) is 5. The highest BCUT2D eigenvalue weighted by molar-refractivity contribution is 5.77. The molecular formula is C16H11F2N3O4. The van der Waals surface area contributed by atoms with Crippen molar-refractivity contribution in [3.8, 4) is 5.75 Å². The number of halogens is 2. The number of aromatic amines is 1. The minimum absolute atomic E-state index is 0.0199. The van der Waals surface area contributed by atoms with Gasteiger partial charge in [0.05, 0.1) is 22.9 Å². The van der Waals surface area contributed by atoms with Crippen molar-refractivity contribution in [1.82, 2.24) is 9.97 Å². The summed E-state index contributed by atoms with van der Waals surface area (Å²) in [5.41, 5.74) is -0.185. The summed E-state index contributed by atoms with van der Waals surface area (Å²) in [5.74, 6) is -1.96. The molecule has 0 saturated carbocycles. The van der Waals surface area contributed by atoms with E-state index in [1.165, 1.54) is 25.3 Å². The second-order valence-corrected chi connectivity index (χ2v) is 5.24. The van der Waals surface area contributed by atoms with Crippen molar-refractivity contribution < 1.29 is 18.4 Å². The van der Waals surface area contributed by atoms with Crippen LogP contribution in [0.2, 0.25) is 0 Å². The predicted octanol–water partition coefficient (Wildman–Crippen LogP) is 2.71. The van der Waals surface area contributed by atoms with E-state index in [-0.39, 0.29) is 34.6 Å². The first-order valence-corrected chi connectivity index (χ1v) is 7.08. The molecule has 1 N–H and O–H groups in total. The molecule has 2 aromatic carbocycles. The molecule has 1 heterocycles. The monoisotopic (exact) mass is 347 g/mol. The summed E-state index contributed by atoms with van der Waals surface area (Å²) in [6.07, 6.45) is 0.124. The van der Waals surface area contributed by atoms with Gasteiger partial charge in [-0.15, -0.1) is 0 Å². The lowest BCUT2D eigenvalue weighted by Gasteiger charge is -2.06. The Balaban J connectivity index is 2.02. The molecule has 0 spiro atoms. The Morgan fingerprint density at radius 2 is 1.96 bits per heavy atom. The molecular weight excluding hydrogens is 336 g/mol. The van der Waals surface area contributed by atoms with Gasteiger partial charge in [-0.25, -0.2) is 13.8 Å². The Labute approximate surface area is 139 Å². The first-order valence-electron chi connectivity index (χ1n) is 7.08. The van der Waals surface area contributed by atoms with Gasteiger partial charge in [-0.3, -0.25) is 14.9 Å². The van der Waals surface area contributed by atoms with Crippen molar-refractivity contribution in [2.45, 2.75) is 6.42 Å². The van der Waals surface area contributed by atoms with Gasteiger partial charge in [0.1, 0.15) is 5.82 Å². The van der Waals surface area contributed by atoms with Crippen LogP contribution < -0.4 is 10.3 Å². The highest BCUT2D eigenvalue weighted by atomic mass is 19.2. The van der Waals surface area contributed by atoms with Crippen LogP contribution in [-0.2, 0) is 6.42 Å². The lowest BCUT2D eigenvalue weighted by atomic mass is 10.1. The topological polar surface area (TPSA) is 98.1 Å². The molecule has 25 heavy (non-hydrogen) atoms. The molecule has 0 bridgehead atoms. The average molecular weight is 347 g/mol. The molecule has 0 unspecified atom stereocenters. The van der Waals surface area contributed by atoms with E-state index < -0.39 is 22.1 Å². The number of nitrogens with zero attached hydrogens (tertiary/aromatic N) is 2. The fraction of sp³-hybridized carbons (Fsp3) is 0.125. The number of fused-ring (bicyclic) bond motifs is 1. The summed E-state index contributed by atoms with van der Waals surface area (Å²) < 4.78 is 31.6. The minimum Gasteiger partial charge on any atom is -0.490 e. The fourth-order valence-electron chi connectivity index (χ4n) is 2.44. The molecule has 128 valence electrons. The standard InChI is InChI=1S/C16H11F2N3O4/c1-25-14-4-8(2-3-13(14)21(23)24)5-15-19-12-7-11(18)10(17)6-9(12)16(22)20-15/h2-4,6-7H,5H2,1H3,(H,19,20,22). The summed E-state index contributed by atoms with van der Waals surface area (Å²) in [5, 5.41) is 10.8. The third-order valence-corrected chi connectivity index (χ3v) is 3.61. The van der Waals surface area contributed by atoms with E-state index in [9.17, 15) is 23.7 Å². The molecule has 3 aromatic rings. The second kappa shape index (κ2) is 6.27. The zero-order valence-corrected chi connectivity index (χ0v) is 12.9. The van der Waals surface area contributed by atoms with Gasteiger partial charge in [-0.05, 0) is 17.7 Å². The first kappa shape index (κ1) is 16.5. The van der Waals surface area contributed by atoms with Gasteiger partial charge in [0, 0.05) is 18.6 Å². The highest BCUT2D eigenvalue weighted by Crippen LogP contribution is 2.28. The number of H-pyrrole nitrogens is 1. The van der Waals surface area contributed by atoms with Crippen LogP contribution in [0.1, 0.15) is 11.4 Å². The molecule has 0 radical (unpaired) electrons. The molecule has 0 aliphatic rings. The molecule has 0 fully saturated rings. The van der Waals surface area contributed by atoms with Crippen LogP contribution in [0.5, 0.6) is 5.75 Å². The van der Waals surface area contributed by atoms with Crippen molar-refractivity contribution in [1.29, 1.82) is 0 Å². The second-order valence-electron chi connectivity index (χ2n) is 5.24. The molecule has 0 aliphatic heterocycles. The SMILES string of the molecule is COc1cc(Cc2nc3cc(F)c(F)cc3c(=O)[nH]2)ccc1[N+](=O)[O-]. The summed E-state index contributed by atoms with van der Waals surface area (Å²) in [4.78, 5) is 28.9. The molecule has 0 atom stereocenters. The van der Waals surface area contributed by atoms with Crippen LogP contribution in [-0.4, -0.2) is 22.0 Å². The van der Waals surface area contributed by atoms with Gasteiger partial charge in [-0.1, -0.05) is 6.07 Å². The third kappa shape index (κ3) is 3.16. The largest absolute Gasteiger partial charge is 0.490 e. The number of benzene rings is 2. The molecule has 0 saturated heterocycles. The highest BCUT2D eigenvalue weighted by Gasteiger charge is 2.16. The maximum Gasteiger partial charge on any atom is 0.310 e. The van der Waals surface area contributed by atoms with Gasteiger partial charge in [0.25, 0.3) is 5.56 Å². The molecule has 0 amide bonds. The number of ether oxygens (including phenoxy) is 1. The van der Waals surface area contributed by atoms with E-state index in [0.717, 1.165) is 12.1 Å². The summed E-state index contributed by atoms with van der Waals surface area (Å²) >= 11 is 0. The number of methoxy groups -OCH3 is 1. The number of nitro groups is 1. The van der Waals surface area contributed by atoms with Gasteiger partial charge < -0.3 is 9.72 Å². The number of aromatic nitrogens is 2. The summed E-state index contributed by atoms with van der Waals surface area (Å²) in [6.45, 7) is 0. The quantitative estimate of drug-likeness (QED) is 0.578. The lowest BCUT2D eigenvalue weighted by molar-refractivity contribution is -0.385. The number of hydrogen-bond donors (Lipinski definition) is 1. The normalized spacial score (nSPS) is 10.8. The van der Waals surface area contributed by atoms with E-state index >= 15 is 0 Å². The Hall–Kier alpha value is -3.36.